The van der Waals surface area contributed by atoms with Crippen LogP contribution in [-0.4, -0.2) is 27.9 Å². The summed E-state index contributed by atoms with van der Waals surface area (Å²) in [6.07, 6.45) is -4.34. The molecule has 9 heteroatoms. The fourth-order valence-electron chi connectivity index (χ4n) is 1.21. The van der Waals surface area contributed by atoms with Gasteiger partial charge in [-0.15, -0.1) is 13.2 Å². The third-order valence-corrected chi connectivity index (χ3v) is 3.52. The summed E-state index contributed by atoms with van der Waals surface area (Å²) in [5.74, 6) is -0.478. The van der Waals surface area contributed by atoms with Gasteiger partial charge in [-0.25, -0.2) is 13.1 Å². The van der Waals surface area contributed by atoms with Crippen LogP contribution in [0.1, 0.15) is 6.42 Å². The molecule has 1 aromatic carbocycles. The molecule has 0 aliphatic carbocycles. The molecule has 0 saturated heterocycles. The normalized spacial score (nSPS) is 12.4. The molecule has 5 nitrogen and oxygen atoms in total. The maximum absolute atomic E-state index is 11.9. The van der Waals surface area contributed by atoms with Gasteiger partial charge in [0.05, 0.1) is 4.90 Å². The number of ether oxygens (including phenoxy) is 1. The molecule has 1 aromatic rings. The summed E-state index contributed by atoms with van der Waals surface area (Å²) in [4.78, 5) is -0.140. The standard InChI is InChI=1S/C10H13F3N2O3S/c11-10(12,13)18-8-2-4-9(5-3-8)19(16,17)15-7-1-6-14/h2-5,15H,1,6-7,14H2. The Kier molecular flexibility index (Phi) is 5.15. The van der Waals surface area contributed by atoms with Gasteiger partial charge < -0.3 is 10.5 Å². The molecule has 19 heavy (non-hydrogen) atoms. The van der Waals surface area contributed by atoms with Crippen LogP contribution in [0.5, 0.6) is 5.75 Å². The summed E-state index contributed by atoms with van der Waals surface area (Å²) < 4.78 is 65.0. The zero-order chi connectivity index (χ0) is 14.5. The Morgan fingerprint density at radius 2 is 1.79 bits per heavy atom. The highest BCUT2D eigenvalue weighted by molar-refractivity contribution is 7.89. The molecule has 0 bridgehead atoms. The van der Waals surface area contributed by atoms with Gasteiger partial charge in [0, 0.05) is 6.54 Å². The minimum atomic E-state index is -4.81. The summed E-state index contributed by atoms with van der Waals surface area (Å²) in [6.45, 7) is 0.501. The summed E-state index contributed by atoms with van der Waals surface area (Å²) in [7, 11) is -3.74. The van der Waals surface area contributed by atoms with Crippen molar-refractivity contribution in [2.75, 3.05) is 13.1 Å². The average molecular weight is 298 g/mol. The molecule has 108 valence electrons. The number of hydrogen-bond donors (Lipinski definition) is 2. The van der Waals surface area contributed by atoms with Gasteiger partial charge in [0.25, 0.3) is 0 Å². The Labute approximate surface area is 108 Å². The Morgan fingerprint density at radius 3 is 2.26 bits per heavy atom. The quantitative estimate of drug-likeness (QED) is 0.774. The molecule has 0 spiro atoms. The minimum absolute atomic E-state index is 0.140. The number of sulfonamides is 1. The van der Waals surface area contributed by atoms with Crippen LogP contribution in [-0.2, 0) is 10.0 Å². The molecule has 0 fully saturated rings. The van der Waals surface area contributed by atoms with E-state index in [1.807, 2.05) is 0 Å². The van der Waals surface area contributed by atoms with E-state index in [0.717, 1.165) is 24.3 Å². The predicted octanol–water partition coefficient (Wildman–Crippen LogP) is 1.21. The molecule has 0 atom stereocenters. The smallest absolute Gasteiger partial charge is 0.406 e. The van der Waals surface area contributed by atoms with Crippen LogP contribution in [0.4, 0.5) is 13.2 Å². The Morgan fingerprint density at radius 1 is 1.21 bits per heavy atom. The third kappa shape index (κ3) is 5.45. The first-order valence-corrected chi connectivity index (χ1v) is 6.78. The van der Waals surface area contributed by atoms with Crippen molar-refractivity contribution in [2.45, 2.75) is 17.7 Å². The van der Waals surface area contributed by atoms with Crippen molar-refractivity contribution in [1.82, 2.24) is 4.72 Å². The fourth-order valence-corrected chi connectivity index (χ4v) is 2.29. The number of benzene rings is 1. The van der Waals surface area contributed by atoms with Gasteiger partial charge in [0.15, 0.2) is 0 Å². The number of hydrogen-bond acceptors (Lipinski definition) is 4. The van der Waals surface area contributed by atoms with E-state index in [2.05, 4.69) is 9.46 Å². The summed E-state index contributed by atoms with van der Waals surface area (Å²) >= 11 is 0. The molecule has 0 radical (unpaired) electrons. The molecule has 3 N–H and O–H groups in total. The zero-order valence-corrected chi connectivity index (χ0v) is 10.6. The SMILES string of the molecule is NCCCNS(=O)(=O)c1ccc(OC(F)(F)F)cc1. The van der Waals surface area contributed by atoms with E-state index < -0.39 is 22.1 Å². The van der Waals surface area contributed by atoms with Gasteiger partial charge >= 0.3 is 6.36 Å². The molecule has 0 saturated carbocycles. The maximum Gasteiger partial charge on any atom is 0.573 e. The fraction of sp³-hybridized carbons (Fsp3) is 0.400. The van der Waals surface area contributed by atoms with Crippen molar-refractivity contribution < 1.29 is 26.3 Å². The second kappa shape index (κ2) is 6.22. The molecule has 0 heterocycles. The van der Waals surface area contributed by atoms with E-state index in [9.17, 15) is 21.6 Å². The monoisotopic (exact) mass is 298 g/mol. The maximum atomic E-state index is 11.9. The third-order valence-electron chi connectivity index (χ3n) is 2.04. The van der Waals surface area contributed by atoms with Crippen LogP contribution < -0.4 is 15.2 Å². The largest absolute Gasteiger partial charge is 0.573 e. The molecular weight excluding hydrogens is 285 g/mol. The predicted molar refractivity (Wildman–Crippen MR) is 62.0 cm³/mol. The first-order chi connectivity index (χ1) is 8.74. The molecule has 0 aliphatic rings. The Hall–Kier alpha value is -1.32. The van der Waals surface area contributed by atoms with E-state index in [4.69, 9.17) is 5.73 Å². The van der Waals surface area contributed by atoms with Crippen molar-refractivity contribution in [3.8, 4) is 5.75 Å². The van der Waals surface area contributed by atoms with Gasteiger partial charge in [-0.2, -0.15) is 0 Å². The molecule has 1 rings (SSSR count). The van der Waals surface area contributed by atoms with Crippen LogP contribution in [0, 0.1) is 0 Å². The molecule has 0 amide bonds. The molecule has 0 aromatic heterocycles. The number of alkyl halides is 3. The van der Waals surface area contributed by atoms with Crippen LogP contribution in [0.2, 0.25) is 0 Å². The summed E-state index contributed by atoms with van der Waals surface area (Å²) in [5.41, 5.74) is 5.22. The molecular formula is C10H13F3N2O3S. The van der Waals surface area contributed by atoms with Gasteiger partial charge in [0.2, 0.25) is 10.0 Å². The minimum Gasteiger partial charge on any atom is -0.406 e. The first kappa shape index (κ1) is 15.7. The summed E-state index contributed by atoms with van der Waals surface area (Å²) in [5, 5.41) is 0. The number of nitrogens with one attached hydrogen (secondary N) is 1. The van der Waals surface area contributed by atoms with Crippen molar-refractivity contribution in [1.29, 1.82) is 0 Å². The lowest BCUT2D eigenvalue weighted by atomic mass is 10.3. The highest BCUT2D eigenvalue weighted by atomic mass is 32.2. The number of halogens is 3. The van der Waals surface area contributed by atoms with Crippen molar-refractivity contribution in [3.63, 3.8) is 0 Å². The van der Waals surface area contributed by atoms with E-state index in [1.165, 1.54) is 0 Å². The second-order valence-corrected chi connectivity index (χ2v) is 5.33. The van der Waals surface area contributed by atoms with Gasteiger partial charge in [-0.05, 0) is 37.2 Å². The van der Waals surface area contributed by atoms with Crippen molar-refractivity contribution >= 4 is 10.0 Å². The van der Waals surface area contributed by atoms with E-state index in [0.29, 0.717) is 13.0 Å². The van der Waals surface area contributed by atoms with Crippen molar-refractivity contribution in [3.05, 3.63) is 24.3 Å². The van der Waals surface area contributed by atoms with Crippen LogP contribution in [0.25, 0.3) is 0 Å². The van der Waals surface area contributed by atoms with Crippen LogP contribution in [0.3, 0.4) is 0 Å². The van der Waals surface area contributed by atoms with Gasteiger partial charge in [0.1, 0.15) is 5.75 Å². The van der Waals surface area contributed by atoms with E-state index in [-0.39, 0.29) is 11.4 Å². The van der Waals surface area contributed by atoms with Gasteiger partial charge in [-0.3, -0.25) is 0 Å². The highest BCUT2D eigenvalue weighted by Crippen LogP contribution is 2.23. The number of rotatable bonds is 6. The van der Waals surface area contributed by atoms with Crippen molar-refractivity contribution in [2.24, 2.45) is 5.73 Å². The molecule has 0 aliphatic heterocycles. The van der Waals surface area contributed by atoms with E-state index in [1.54, 1.807) is 0 Å². The lowest BCUT2D eigenvalue weighted by Gasteiger charge is -2.10. The topological polar surface area (TPSA) is 81.4 Å². The lowest BCUT2D eigenvalue weighted by Crippen LogP contribution is -2.26. The zero-order valence-electron chi connectivity index (χ0n) is 9.77. The number of nitrogens with two attached hydrogens (primary N) is 1. The van der Waals surface area contributed by atoms with Crippen LogP contribution >= 0.6 is 0 Å². The Balaban J connectivity index is 2.75. The average Bonchev–Trinajstić information content (AvgIpc) is 2.27. The Bertz CT molecular complexity index is 500. The van der Waals surface area contributed by atoms with Crippen LogP contribution in [0.15, 0.2) is 29.2 Å². The first-order valence-electron chi connectivity index (χ1n) is 5.30. The second-order valence-electron chi connectivity index (χ2n) is 3.56. The summed E-state index contributed by atoms with van der Waals surface area (Å²) in [6, 6.07) is 3.94. The van der Waals surface area contributed by atoms with E-state index >= 15 is 0 Å². The lowest BCUT2D eigenvalue weighted by molar-refractivity contribution is -0.274. The highest BCUT2D eigenvalue weighted by Gasteiger charge is 2.31. The van der Waals surface area contributed by atoms with Gasteiger partial charge in [-0.1, -0.05) is 0 Å². The molecule has 0 unspecified atom stereocenters.